The van der Waals surface area contributed by atoms with Crippen LogP contribution in [0, 0.1) is 6.57 Å². The van der Waals surface area contributed by atoms with Gasteiger partial charge >= 0.3 is 0 Å². The quantitative estimate of drug-likeness (QED) is 0.234. The summed E-state index contributed by atoms with van der Waals surface area (Å²) in [5.41, 5.74) is 8.74. The summed E-state index contributed by atoms with van der Waals surface area (Å²) in [4.78, 5) is 3.53. The van der Waals surface area contributed by atoms with Gasteiger partial charge in [-0.25, -0.2) is 4.85 Å². The molecule has 0 spiro atoms. The average molecular weight is 460 g/mol. The summed E-state index contributed by atoms with van der Waals surface area (Å²) < 4.78 is 4.64. The first kappa shape index (κ1) is 20.3. The Morgan fingerprint density at radius 3 is 2.14 bits per heavy atom. The summed E-state index contributed by atoms with van der Waals surface area (Å²) >= 11 is 0. The predicted molar refractivity (Wildman–Crippen MR) is 149 cm³/mol. The zero-order valence-corrected chi connectivity index (χ0v) is 19.5. The minimum Gasteiger partial charge on any atom is -0.316 e. The molecule has 2 heterocycles. The van der Waals surface area contributed by atoms with Crippen LogP contribution in [0.3, 0.4) is 0 Å². The lowest BCUT2D eigenvalue weighted by Crippen LogP contribution is -1.95. The van der Waals surface area contributed by atoms with Gasteiger partial charge in [-0.2, -0.15) is 0 Å². The van der Waals surface area contributed by atoms with Crippen molar-refractivity contribution in [2.24, 2.45) is 0 Å². The molecule has 0 saturated heterocycles. The minimum absolute atomic E-state index is 0.655. The second-order valence-electron chi connectivity index (χ2n) is 8.98. The fraction of sp³-hybridized carbons (Fsp3) is 0. The van der Waals surface area contributed by atoms with Crippen LogP contribution < -0.4 is 0 Å². The third-order valence-corrected chi connectivity index (χ3v) is 6.97. The normalized spacial score (nSPS) is 11.3. The van der Waals surface area contributed by atoms with Crippen molar-refractivity contribution in [1.82, 2.24) is 9.13 Å². The van der Waals surface area contributed by atoms with Gasteiger partial charge < -0.3 is 9.13 Å². The van der Waals surface area contributed by atoms with Gasteiger partial charge in [-0.3, -0.25) is 0 Å². The largest absolute Gasteiger partial charge is 0.316 e. The highest BCUT2D eigenvalue weighted by Crippen LogP contribution is 2.38. The number of rotatable bonds is 3. The summed E-state index contributed by atoms with van der Waals surface area (Å²) in [6, 6.07) is 42.3. The van der Waals surface area contributed by atoms with Crippen molar-refractivity contribution in [2.75, 3.05) is 0 Å². The Balaban J connectivity index is 1.51. The van der Waals surface area contributed by atoms with Gasteiger partial charge in [0.05, 0.1) is 23.1 Å². The molecule has 0 aliphatic heterocycles. The second kappa shape index (κ2) is 8.01. The smallest absolute Gasteiger partial charge is 0.187 e. The van der Waals surface area contributed by atoms with E-state index in [4.69, 9.17) is 6.57 Å². The van der Waals surface area contributed by atoms with Gasteiger partial charge in [0.15, 0.2) is 5.69 Å². The molecule has 2 aromatic heterocycles. The molecule has 0 aliphatic rings. The summed E-state index contributed by atoms with van der Waals surface area (Å²) in [7, 11) is 0. The van der Waals surface area contributed by atoms with Gasteiger partial charge in [0.2, 0.25) is 0 Å². The topological polar surface area (TPSA) is 14.2 Å². The molecule has 7 rings (SSSR count). The molecule has 3 nitrogen and oxygen atoms in total. The predicted octanol–water partition coefficient (Wildman–Crippen LogP) is 8.95. The number of hydrogen-bond donors (Lipinski definition) is 0. The number of hydrogen-bond acceptors (Lipinski definition) is 0. The molecule has 36 heavy (non-hydrogen) atoms. The van der Waals surface area contributed by atoms with Crippen LogP contribution in [0.5, 0.6) is 0 Å². The maximum Gasteiger partial charge on any atom is 0.187 e. The number of para-hydroxylation sites is 2. The van der Waals surface area contributed by atoms with E-state index in [1.54, 1.807) is 0 Å². The minimum atomic E-state index is 0.655. The van der Waals surface area contributed by atoms with E-state index < -0.39 is 0 Å². The van der Waals surface area contributed by atoms with Crippen LogP contribution in [-0.4, -0.2) is 9.13 Å². The first-order valence-corrected chi connectivity index (χ1v) is 12.0. The molecular formula is C33H21N3. The highest BCUT2D eigenvalue weighted by molar-refractivity contribution is 6.18. The van der Waals surface area contributed by atoms with Crippen molar-refractivity contribution in [2.45, 2.75) is 0 Å². The molecule has 0 aliphatic carbocycles. The third-order valence-electron chi connectivity index (χ3n) is 6.97. The van der Waals surface area contributed by atoms with Gasteiger partial charge in [-0.05, 0) is 53.6 Å². The van der Waals surface area contributed by atoms with Crippen molar-refractivity contribution >= 4 is 38.4 Å². The molecule has 0 atom stereocenters. The molecule has 0 bridgehead atoms. The van der Waals surface area contributed by atoms with E-state index in [1.807, 2.05) is 30.3 Å². The van der Waals surface area contributed by atoms with Crippen molar-refractivity contribution in [1.29, 1.82) is 0 Å². The van der Waals surface area contributed by atoms with E-state index in [2.05, 4.69) is 111 Å². The standard InChI is InChI=1S/C33H21N3/c1-34-25-16-14-23(15-17-25)24-8-7-11-27(22-24)36-32-13-6-5-12-28(32)29-18-19-31-30(33(29)36)20-21-35(31)26-9-3-2-4-10-26/h2-22H. The van der Waals surface area contributed by atoms with Crippen molar-refractivity contribution in [3.05, 3.63) is 139 Å². The molecule has 0 fully saturated rings. The maximum absolute atomic E-state index is 7.24. The van der Waals surface area contributed by atoms with Crippen LogP contribution in [-0.2, 0) is 0 Å². The zero-order chi connectivity index (χ0) is 24.1. The Morgan fingerprint density at radius 2 is 1.31 bits per heavy atom. The number of benzene rings is 5. The Kier molecular flexibility index (Phi) is 4.52. The first-order valence-electron chi connectivity index (χ1n) is 12.0. The molecule has 0 amide bonds. The fourth-order valence-corrected chi connectivity index (χ4v) is 5.31. The highest BCUT2D eigenvalue weighted by atomic mass is 15.0. The van der Waals surface area contributed by atoms with Gasteiger partial charge in [-0.1, -0.05) is 78.9 Å². The van der Waals surface area contributed by atoms with E-state index in [1.165, 1.54) is 32.7 Å². The number of fused-ring (bicyclic) bond motifs is 5. The van der Waals surface area contributed by atoms with Crippen LogP contribution in [0.15, 0.2) is 128 Å². The number of nitrogens with zero attached hydrogens (tertiary/aromatic N) is 3. The zero-order valence-electron chi connectivity index (χ0n) is 19.5. The lowest BCUT2D eigenvalue weighted by Gasteiger charge is -2.12. The van der Waals surface area contributed by atoms with Gasteiger partial charge in [0, 0.05) is 33.7 Å². The van der Waals surface area contributed by atoms with Crippen LogP contribution in [0.25, 0.3) is 60.1 Å². The van der Waals surface area contributed by atoms with Crippen LogP contribution >= 0.6 is 0 Å². The Bertz CT molecular complexity index is 1930. The lowest BCUT2D eigenvalue weighted by molar-refractivity contribution is 1.13. The van der Waals surface area contributed by atoms with Crippen molar-refractivity contribution < 1.29 is 0 Å². The average Bonchev–Trinajstić information content (AvgIpc) is 3.53. The summed E-state index contributed by atoms with van der Waals surface area (Å²) in [6.07, 6.45) is 2.16. The fourth-order valence-electron chi connectivity index (χ4n) is 5.31. The van der Waals surface area contributed by atoms with E-state index in [-0.39, 0.29) is 0 Å². The Hall–Kier alpha value is -5.07. The maximum atomic E-state index is 7.24. The third kappa shape index (κ3) is 3.06. The molecule has 5 aromatic carbocycles. The van der Waals surface area contributed by atoms with Crippen LogP contribution in [0.2, 0.25) is 0 Å². The highest BCUT2D eigenvalue weighted by Gasteiger charge is 2.17. The van der Waals surface area contributed by atoms with Crippen molar-refractivity contribution in [3.8, 4) is 22.5 Å². The Labute approximate surface area is 208 Å². The first-order chi connectivity index (χ1) is 17.8. The summed E-state index contributed by atoms with van der Waals surface area (Å²) in [5, 5.41) is 3.71. The molecular weight excluding hydrogens is 438 g/mol. The van der Waals surface area contributed by atoms with E-state index in [0.717, 1.165) is 22.5 Å². The molecule has 0 unspecified atom stereocenters. The van der Waals surface area contributed by atoms with E-state index in [0.29, 0.717) is 5.69 Å². The molecule has 3 heteroatoms. The van der Waals surface area contributed by atoms with Gasteiger partial charge in [0.25, 0.3) is 0 Å². The van der Waals surface area contributed by atoms with Crippen LogP contribution in [0.1, 0.15) is 0 Å². The molecule has 0 radical (unpaired) electrons. The van der Waals surface area contributed by atoms with Gasteiger partial charge in [-0.15, -0.1) is 0 Å². The SMILES string of the molecule is [C-]#[N+]c1ccc(-c2cccc(-n3c4ccccc4c4ccc5c(ccn5-c5ccccc5)c43)c2)cc1. The van der Waals surface area contributed by atoms with Gasteiger partial charge in [0.1, 0.15) is 0 Å². The number of aromatic nitrogens is 2. The van der Waals surface area contributed by atoms with E-state index in [9.17, 15) is 0 Å². The van der Waals surface area contributed by atoms with E-state index >= 15 is 0 Å². The molecule has 0 saturated carbocycles. The lowest BCUT2D eigenvalue weighted by atomic mass is 10.0. The summed E-state index contributed by atoms with van der Waals surface area (Å²) in [6.45, 7) is 7.24. The molecule has 0 N–H and O–H groups in total. The Morgan fingerprint density at radius 1 is 0.528 bits per heavy atom. The summed E-state index contributed by atoms with van der Waals surface area (Å²) in [5.74, 6) is 0. The molecule has 7 aromatic rings. The monoisotopic (exact) mass is 459 g/mol. The van der Waals surface area contributed by atoms with Crippen molar-refractivity contribution in [3.63, 3.8) is 0 Å². The van der Waals surface area contributed by atoms with Crippen LogP contribution in [0.4, 0.5) is 5.69 Å². The molecule has 168 valence electrons. The second-order valence-corrected chi connectivity index (χ2v) is 8.98.